The van der Waals surface area contributed by atoms with Crippen LogP contribution in [0.1, 0.15) is 55.6 Å². The fraction of sp³-hybridized carbons (Fsp3) is 0.471. The fourth-order valence-electron chi connectivity index (χ4n) is 7.15. The van der Waals surface area contributed by atoms with Crippen molar-refractivity contribution < 1.29 is 28.5 Å². The van der Waals surface area contributed by atoms with Crippen molar-refractivity contribution in [2.75, 3.05) is 39.8 Å². The average Bonchev–Trinajstić information content (AvgIpc) is 3.70. The Morgan fingerprint density at radius 2 is 1.29 bits per heavy atom. The quantitative estimate of drug-likeness (QED) is 0.434. The molecule has 0 bridgehead atoms. The fourth-order valence-corrected chi connectivity index (χ4v) is 7.15. The van der Waals surface area contributed by atoms with Crippen molar-refractivity contribution in [3.8, 4) is 23.0 Å². The molecule has 8 nitrogen and oxygen atoms in total. The van der Waals surface area contributed by atoms with Gasteiger partial charge in [0.25, 0.3) is 0 Å². The normalized spacial score (nSPS) is 26.6. The van der Waals surface area contributed by atoms with Crippen LogP contribution in [-0.2, 0) is 9.59 Å². The van der Waals surface area contributed by atoms with Gasteiger partial charge in [-0.2, -0.15) is 0 Å². The molecular weight excluding hydrogens is 532 g/mol. The number of piperidine rings is 2. The molecule has 7 rings (SSSR count). The van der Waals surface area contributed by atoms with E-state index in [4.69, 9.17) is 18.9 Å². The number of hydrogen-bond acceptors (Lipinski definition) is 6. The van der Waals surface area contributed by atoms with E-state index < -0.39 is 0 Å². The zero-order valence-corrected chi connectivity index (χ0v) is 23.9. The molecule has 1 aliphatic carbocycles. The SMILES string of the molecule is O=C(/C=C/[C@H]1[C@H](/C=C/c2ccc3c(c2)OCO3)[C@@H](C(=O)N2CCCCC2)[C@@H]1c1ccc2c(c1)OCO2)N1CCCCC1. The van der Waals surface area contributed by atoms with Crippen molar-refractivity contribution in [3.05, 3.63) is 65.8 Å². The molecule has 0 unspecified atom stereocenters. The van der Waals surface area contributed by atoms with Crippen LogP contribution in [0.5, 0.6) is 23.0 Å². The lowest BCUT2D eigenvalue weighted by atomic mass is 9.53. The van der Waals surface area contributed by atoms with Crippen LogP contribution in [0.3, 0.4) is 0 Å². The van der Waals surface area contributed by atoms with E-state index in [1.165, 1.54) is 6.42 Å². The summed E-state index contributed by atoms with van der Waals surface area (Å²) in [6.07, 6.45) is 14.6. The lowest BCUT2D eigenvalue weighted by molar-refractivity contribution is -0.144. The third-order valence-electron chi connectivity index (χ3n) is 9.43. The molecule has 4 aliphatic heterocycles. The van der Waals surface area contributed by atoms with E-state index in [9.17, 15) is 9.59 Å². The van der Waals surface area contributed by atoms with Gasteiger partial charge < -0.3 is 28.7 Å². The van der Waals surface area contributed by atoms with Crippen LogP contribution in [0.25, 0.3) is 6.08 Å². The number of carbonyl (C=O) groups excluding carboxylic acids is 2. The van der Waals surface area contributed by atoms with Crippen LogP contribution in [0.15, 0.2) is 54.6 Å². The van der Waals surface area contributed by atoms with Crippen LogP contribution in [-0.4, -0.2) is 61.4 Å². The number of benzene rings is 2. The second-order valence-electron chi connectivity index (χ2n) is 11.9. The summed E-state index contributed by atoms with van der Waals surface area (Å²) in [6, 6.07) is 11.9. The van der Waals surface area contributed by atoms with E-state index in [0.717, 1.165) is 86.7 Å². The number of allylic oxidation sites excluding steroid dienone is 2. The molecule has 220 valence electrons. The van der Waals surface area contributed by atoms with Crippen LogP contribution in [0, 0.1) is 17.8 Å². The van der Waals surface area contributed by atoms with Crippen LogP contribution in [0.2, 0.25) is 0 Å². The Morgan fingerprint density at radius 3 is 2.00 bits per heavy atom. The molecule has 0 spiro atoms. The predicted molar refractivity (Wildman–Crippen MR) is 157 cm³/mol. The number of nitrogens with zero attached hydrogens (tertiary/aromatic N) is 2. The van der Waals surface area contributed by atoms with Crippen molar-refractivity contribution in [2.24, 2.45) is 17.8 Å². The number of fused-ring (bicyclic) bond motifs is 2. The largest absolute Gasteiger partial charge is 0.454 e. The molecule has 4 atom stereocenters. The van der Waals surface area contributed by atoms with Crippen molar-refractivity contribution in [1.82, 2.24) is 9.80 Å². The first kappa shape index (κ1) is 26.9. The summed E-state index contributed by atoms with van der Waals surface area (Å²) < 4.78 is 22.4. The molecule has 2 saturated heterocycles. The number of rotatable bonds is 6. The van der Waals surface area contributed by atoms with Crippen LogP contribution < -0.4 is 18.9 Å². The van der Waals surface area contributed by atoms with Gasteiger partial charge in [0.15, 0.2) is 23.0 Å². The summed E-state index contributed by atoms with van der Waals surface area (Å²) in [5, 5.41) is 0. The standard InChI is InChI=1S/C34H38N2O6/c37-31(35-15-3-1-4-16-35)14-11-25-26(10-7-23-8-12-27-29(19-23)41-21-39-27)33(34(38)36-17-5-2-6-18-36)32(25)24-9-13-28-30(20-24)42-22-40-28/h7-14,19-20,25-26,32-33H,1-6,15-18,21-22H2/b10-7+,14-11+/t25-,26-,32+,33+/m0/s1. The molecule has 0 N–H and O–H groups in total. The number of hydrogen-bond donors (Lipinski definition) is 0. The molecule has 1 saturated carbocycles. The summed E-state index contributed by atoms with van der Waals surface area (Å²) in [5.74, 6) is 2.76. The van der Waals surface area contributed by atoms with Gasteiger partial charge >= 0.3 is 0 Å². The summed E-state index contributed by atoms with van der Waals surface area (Å²) in [4.78, 5) is 31.4. The van der Waals surface area contributed by atoms with Crippen LogP contribution >= 0.6 is 0 Å². The van der Waals surface area contributed by atoms with Gasteiger partial charge in [0.2, 0.25) is 25.4 Å². The molecule has 2 aromatic carbocycles. The van der Waals surface area contributed by atoms with E-state index in [0.29, 0.717) is 5.75 Å². The maximum atomic E-state index is 14.2. The number of ether oxygens (including phenoxy) is 4. The van der Waals surface area contributed by atoms with Crippen LogP contribution in [0.4, 0.5) is 0 Å². The van der Waals surface area contributed by atoms with Gasteiger partial charge in [0, 0.05) is 32.1 Å². The Hall–Kier alpha value is -3.94. The first-order valence-electron chi connectivity index (χ1n) is 15.4. The number of likely N-dealkylation sites (tertiary alicyclic amines) is 2. The first-order chi connectivity index (χ1) is 20.7. The number of carbonyl (C=O) groups is 2. The maximum Gasteiger partial charge on any atom is 0.246 e. The van der Waals surface area contributed by atoms with Gasteiger partial charge in [-0.05, 0) is 91.8 Å². The second-order valence-corrected chi connectivity index (χ2v) is 11.9. The molecule has 0 aromatic heterocycles. The highest BCUT2D eigenvalue weighted by molar-refractivity contribution is 5.88. The Labute approximate surface area is 246 Å². The van der Waals surface area contributed by atoms with Gasteiger partial charge in [-0.1, -0.05) is 30.4 Å². The molecular formula is C34H38N2O6. The zero-order chi connectivity index (χ0) is 28.5. The highest BCUT2D eigenvalue weighted by Crippen LogP contribution is 2.56. The van der Waals surface area contributed by atoms with Crippen molar-refractivity contribution in [3.63, 3.8) is 0 Å². The smallest absolute Gasteiger partial charge is 0.246 e. The molecule has 3 fully saturated rings. The average molecular weight is 571 g/mol. The monoisotopic (exact) mass is 570 g/mol. The Kier molecular flexibility index (Phi) is 7.53. The summed E-state index contributed by atoms with van der Waals surface area (Å²) >= 11 is 0. The first-order valence-corrected chi connectivity index (χ1v) is 15.4. The molecule has 2 amide bonds. The molecule has 4 heterocycles. The third-order valence-corrected chi connectivity index (χ3v) is 9.43. The molecule has 42 heavy (non-hydrogen) atoms. The molecule has 0 radical (unpaired) electrons. The lowest BCUT2D eigenvalue weighted by Crippen LogP contribution is -2.53. The van der Waals surface area contributed by atoms with Crippen molar-refractivity contribution in [2.45, 2.75) is 44.4 Å². The van der Waals surface area contributed by atoms with E-state index >= 15 is 0 Å². The Balaban J connectivity index is 1.23. The molecule has 2 aromatic rings. The predicted octanol–water partition coefficient (Wildman–Crippen LogP) is 5.38. The molecule has 8 heteroatoms. The number of amides is 2. The Morgan fingerprint density at radius 1 is 0.667 bits per heavy atom. The van der Waals surface area contributed by atoms with Gasteiger partial charge in [-0.25, -0.2) is 0 Å². The van der Waals surface area contributed by atoms with Crippen molar-refractivity contribution >= 4 is 17.9 Å². The minimum Gasteiger partial charge on any atom is -0.454 e. The summed E-state index contributed by atoms with van der Waals surface area (Å²) in [6.45, 7) is 3.65. The molecule has 5 aliphatic rings. The third kappa shape index (κ3) is 5.23. The van der Waals surface area contributed by atoms with E-state index in [1.807, 2.05) is 40.1 Å². The highest BCUT2D eigenvalue weighted by atomic mass is 16.7. The summed E-state index contributed by atoms with van der Waals surface area (Å²) in [7, 11) is 0. The van der Waals surface area contributed by atoms with Crippen molar-refractivity contribution in [1.29, 1.82) is 0 Å². The topological polar surface area (TPSA) is 77.5 Å². The Bertz CT molecular complexity index is 1390. The van der Waals surface area contributed by atoms with Gasteiger partial charge in [0.1, 0.15) is 0 Å². The van der Waals surface area contributed by atoms with E-state index in [2.05, 4.69) is 24.3 Å². The zero-order valence-electron chi connectivity index (χ0n) is 23.9. The minimum atomic E-state index is -0.242. The highest BCUT2D eigenvalue weighted by Gasteiger charge is 2.53. The lowest BCUT2D eigenvalue weighted by Gasteiger charge is -2.51. The second kappa shape index (κ2) is 11.7. The maximum absolute atomic E-state index is 14.2. The summed E-state index contributed by atoms with van der Waals surface area (Å²) in [5.41, 5.74) is 2.03. The van der Waals surface area contributed by atoms with Gasteiger partial charge in [-0.3, -0.25) is 9.59 Å². The van der Waals surface area contributed by atoms with E-state index in [1.54, 1.807) is 6.08 Å². The minimum absolute atomic E-state index is 0.0249. The van der Waals surface area contributed by atoms with Gasteiger partial charge in [0.05, 0.1) is 5.92 Å². The van der Waals surface area contributed by atoms with Gasteiger partial charge in [-0.15, -0.1) is 0 Å². The van der Waals surface area contributed by atoms with E-state index in [-0.39, 0.29) is 49.1 Å².